The number of aryl methyl sites for hydroxylation is 1. The molecule has 35 heavy (non-hydrogen) atoms. The first kappa shape index (κ1) is 25.1. The van der Waals surface area contributed by atoms with Crippen LogP contribution < -0.4 is 0 Å². The van der Waals surface area contributed by atoms with Crippen LogP contribution in [0.1, 0.15) is 35.3 Å². The van der Waals surface area contributed by atoms with Crippen molar-refractivity contribution in [1.82, 2.24) is 23.3 Å². The summed E-state index contributed by atoms with van der Waals surface area (Å²) in [5.41, 5.74) is 4.29. The van der Waals surface area contributed by atoms with Crippen molar-refractivity contribution in [3.8, 4) is 11.3 Å². The summed E-state index contributed by atoms with van der Waals surface area (Å²) in [6.07, 6.45) is 1.81. The fourth-order valence-electron chi connectivity index (χ4n) is 4.36. The molecule has 0 bridgehead atoms. The lowest BCUT2D eigenvalue weighted by Crippen LogP contribution is -2.54. The molecule has 0 N–H and O–H groups in total. The van der Waals surface area contributed by atoms with E-state index in [2.05, 4.69) is 0 Å². The molecule has 3 aromatic rings. The van der Waals surface area contributed by atoms with Crippen LogP contribution in [0.4, 0.5) is 0 Å². The third-order valence-electron chi connectivity index (χ3n) is 6.39. The van der Waals surface area contributed by atoms with Gasteiger partial charge in [0.25, 0.3) is 16.1 Å². The van der Waals surface area contributed by atoms with E-state index in [0.29, 0.717) is 44.0 Å². The number of nitrogens with zero attached hydrogens (tertiary/aromatic N) is 5. The number of carbonyl (C=O) groups is 1. The van der Waals surface area contributed by atoms with Crippen molar-refractivity contribution in [2.75, 3.05) is 39.3 Å². The van der Waals surface area contributed by atoms with Gasteiger partial charge >= 0.3 is 0 Å². The Hall–Kier alpha value is -3.01. The van der Waals surface area contributed by atoms with Crippen LogP contribution in [0.5, 0.6) is 0 Å². The smallest absolute Gasteiger partial charge is 0.282 e. The van der Waals surface area contributed by atoms with E-state index in [4.69, 9.17) is 5.10 Å². The molecule has 1 aromatic heterocycles. The number of hydrogen-bond acceptors (Lipinski definition) is 4. The predicted octanol–water partition coefficient (Wildman–Crippen LogP) is 3.25. The minimum Gasteiger partial charge on any atom is -0.336 e. The van der Waals surface area contributed by atoms with Gasteiger partial charge in [0, 0.05) is 51.0 Å². The van der Waals surface area contributed by atoms with Crippen molar-refractivity contribution in [1.29, 1.82) is 0 Å². The molecule has 0 spiro atoms. The Balaban J connectivity index is 1.57. The maximum absolute atomic E-state index is 13.6. The zero-order valence-electron chi connectivity index (χ0n) is 20.6. The second-order valence-corrected chi connectivity index (χ2v) is 10.7. The van der Waals surface area contributed by atoms with Gasteiger partial charge in [-0.3, -0.25) is 9.48 Å². The minimum absolute atomic E-state index is 0.125. The molecule has 0 atom stereocenters. The van der Waals surface area contributed by atoms with Crippen LogP contribution >= 0.6 is 0 Å². The number of carbonyl (C=O) groups excluding carboxylic acids is 1. The molecule has 0 aliphatic carbocycles. The van der Waals surface area contributed by atoms with E-state index >= 15 is 0 Å². The summed E-state index contributed by atoms with van der Waals surface area (Å²) >= 11 is 0. The highest BCUT2D eigenvalue weighted by Gasteiger charge is 2.33. The van der Waals surface area contributed by atoms with Crippen LogP contribution in [-0.4, -0.2) is 76.9 Å². The van der Waals surface area contributed by atoms with Crippen LogP contribution in [0, 0.1) is 6.92 Å². The third-order valence-corrected chi connectivity index (χ3v) is 8.58. The second kappa shape index (κ2) is 10.7. The second-order valence-electron chi connectivity index (χ2n) is 8.72. The van der Waals surface area contributed by atoms with E-state index in [1.165, 1.54) is 8.61 Å². The molecule has 1 fully saturated rings. The van der Waals surface area contributed by atoms with Gasteiger partial charge in [-0.1, -0.05) is 74.0 Å². The van der Waals surface area contributed by atoms with Crippen molar-refractivity contribution in [2.45, 2.75) is 27.3 Å². The molecule has 2 heterocycles. The fourth-order valence-corrected chi connectivity index (χ4v) is 5.96. The summed E-state index contributed by atoms with van der Waals surface area (Å²) in [6, 6.07) is 18.0. The number of aromatic nitrogens is 2. The molecule has 0 unspecified atom stereocenters. The normalized spacial score (nSPS) is 15.0. The van der Waals surface area contributed by atoms with Crippen LogP contribution in [0.3, 0.4) is 0 Å². The van der Waals surface area contributed by atoms with Crippen molar-refractivity contribution >= 4 is 16.1 Å². The molecule has 2 aromatic carbocycles. The number of amides is 1. The molecule has 9 heteroatoms. The lowest BCUT2D eigenvalue weighted by molar-refractivity contribution is 0.0695. The summed E-state index contributed by atoms with van der Waals surface area (Å²) in [6.45, 7) is 8.36. The highest BCUT2D eigenvalue weighted by atomic mass is 32.2. The van der Waals surface area contributed by atoms with Crippen molar-refractivity contribution in [3.05, 3.63) is 77.5 Å². The molecule has 1 saturated heterocycles. The lowest BCUT2D eigenvalue weighted by atomic mass is 10.1. The van der Waals surface area contributed by atoms with Crippen LogP contribution in [-0.2, 0) is 16.8 Å². The van der Waals surface area contributed by atoms with E-state index in [0.717, 1.165) is 16.7 Å². The fraction of sp³-hybridized carbons (Fsp3) is 0.385. The number of benzene rings is 2. The first-order chi connectivity index (χ1) is 16.8. The average molecular weight is 496 g/mol. The van der Waals surface area contributed by atoms with Crippen LogP contribution in [0.2, 0.25) is 0 Å². The number of piperazine rings is 1. The van der Waals surface area contributed by atoms with Gasteiger partial charge in [0.2, 0.25) is 0 Å². The molecule has 4 rings (SSSR count). The van der Waals surface area contributed by atoms with Crippen LogP contribution in [0.25, 0.3) is 11.3 Å². The lowest BCUT2D eigenvalue weighted by Gasteiger charge is -2.36. The zero-order chi connectivity index (χ0) is 25.0. The molecule has 0 saturated carbocycles. The Labute approximate surface area is 207 Å². The van der Waals surface area contributed by atoms with E-state index in [-0.39, 0.29) is 19.0 Å². The van der Waals surface area contributed by atoms with Gasteiger partial charge in [0.1, 0.15) is 5.69 Å². The van der Waals surface area contributed by atoms with Crippen molar-refractivity contribution in [3.63, 3.8) is 0 Å². The Morgan fingerprint density at radius 1 is 0.943 bits per heavy atom. The van der Waals surface area contributed by atoms with E-state index < -0.39 is 10.2 Å². The Morgan fingerprint density at radius 3 is 2.17 bits per heavy atom. The van der Waals surface area contributed by atoms with Crippen molar-refractivity contribution in [2.24, 2.45) is 0 Å². The summed E-state index contributed by atoms with van der Waals surface area (Å²) in [7, 11) is -3.51. The molecule has 1 aliphatic rings. The summed E-state index contributed by atoms with van der Waals surface area (Å²) < 4.78 is 30.5. The summed E-state index contributed by atoms with van der Waals surface area (Å²) in [5.74, 6) is -0.125. The molecule has 1 amide bonds. The average Bonchev–Trinajstić information content (AvgIpc) is 3.29. The topological polar surface area (TPSA) is 78.8 Å². The van der Waals surface area contributed by atoms with Gasteiger partial charge in [-0.25, -0.2) is 0 Å². The highest BCUT2D eigenvalue weighted by Crippen LogP contribution is 2.25. The monoisotopic (exact) mass is 495 g/mol. The van der Waals surface area contributed by atoms with Gasteiger partial charge in [0.05, 0.1) is 12.1 Å². The molecular formula is C26H33N5O3S. The van der Waals surface area contributed by atoms with Gasteiger partial charge < -0.3 is 4.90 Å². The highest BCUT2D eigenvalue weighted by molar-refractivity contribution is 7.86. The SMILES string of the molecule is CCN(CC)S(=O)(=O)N1CCN(C(=O)c2cn(Cc3ccccc3)nc2-c2ccc(C)cc2)CC1. The van der Waals surface area contributed by atoms with E-state index in [9.17, 15) is 13.2 Å². The van der Waals surface area contributed by atoms with Gasteiger partial charge in [-0.15, -0.1) is 0 Å². The third kappa shape index (κ3) is 5.47. The minimum atomic E-state index is -3.51. The van der Waals surface area contributed by atoms with Gasteiger partial charge in [0.15, 0.2) is 0 Å². The maximum Gasteiger partial charge on any atom is 0.282 e. The molecule has 1 aliphatic heterocycles. The van der Waals surface area contributed by atoms with Gasteiger partial charge in [-0.2, -0.15) is 22.1 Å². The number of hydrogen-bond donors (Lipinski definition) is 0. The molecule has 8 nitrogen and oxygen atoms in total. The van der Waals surface area contributed by atoms with Gasteiger partial charge in [-0.05, 0) is 12.5 Å². The zero-order valence-corrected chi connectivity index (χ0v) is 21.4. The van der Waals surface area contributed by atoms with E-state index in [1.54, 1.807) is 9.58 Å². The molecule has 186 valence electrons. The predicted molar refractivity (Wildman–Crippen MR) is 137 cm³/mol. The first-order valence-corrected chi connectivity index (χ1v) is 13.5. The summed E-state index contributed by atoms with van der Waals surface area (Å²) in [4.78, 5) is 15.4. The first-order valence-electron chi connectivity index (χ1n) is 12.1. The van der Waals surface area contributed by atoms with E-state index in [1.807, 2.05) is 81.6 Å². The quantitative estimate of drug-likeness (QED) is 0.481. The van der Waals surface area contributed by atoms with Crippen LogP contribution in [0.15, 0.2) is 60.8 Å². The Morgan fingerprint density at radius 2 is 1.57 bits per heavy atom. The maximum atomic E-state index is 13.6. The Kier molecular flexibility index (Phi) is 7.69. The molecule has 0 radical (unpaired) electrons. The molecular weight excluding hydrogens is 462 g/mol. The number of rotatable bonds is 8. The van der Waals surface area contributed by atoms with Crippen molar-refractivity contribution < 1.29 is 13.2 Å². The largest absolute Gasteiger partial charge is 0.336 e. The Bertz CT molecular complexity index is 1240. The standard InChI is InChI=1S/C26H33N5O3S/c1-4-30(5-2)35(33,34)31-17-15-28(16-18-31)26(32)24-20-29(19-22-9-7-6-8-10-22)27-25(24)23-13-11-21(3)12-14-23/h6-14,20H,4-5,15-19H2,1-3H3. The summed E-state index contributed by atoms with van der Waals surface area (Å²) in [5, 5.41) is 4.78.